The molecule has 0 saturated carbocycles. The predicted octanol–water partition coefficient (Wildman–Crippen LogP) is 2.70. The fraction of sp³-hybridized carbons (Fsp3) is 0.500. The molecule has 0 aliphatic carbocycles. The molecule has 84 valence electrons. The fourth-order valence-electron chi connectivity index (χ4n) is 1.27. The highest BCUT2D eigenvalue weighted by Gasteiger charge is 2.01. The van der Waals surface area contributed by atoms with E-state index < -0.39 is 0 Å². The molecule has 0 spiro atoms. The molecule has 0 heterocycles. The average molecular weight is 226 g/mol. The van der Waals surface area contributed by atoms with Crippen LogP contribution in [0.4, 0.5) is 0 Å². The molecule has 0 unspecified atom stereocenters. The van der Waals surface area contributed by atoms with Gasteiger partial charge in [-0.15, -0.1) is 0 Å². The van der Waals surface area contributed by atoms with Crippen molar-refractivity contribution < 1.29 is 9.84 Å². The van der Waals surface area contributed by atoms with Crippen molar-refractivity contribution in [2.24, 2.45) is 0 Å². The molecule has 1 N–H and O–H groups in total. The van der Waals surface area contributed by atoms with Crippen molar-refractivity contribution in [3.63, 3.8) is 0 Å². The van der Waals surface area contributed by atoms with E-state index in [1.165, 1.54) is 5.56 Å². The minimum absolute atomic E-state index is 0.278. The molecule has 2 nitrogen and oxygen atoms in total. The third-order valence-corrected chi connectivity index (χ3v) is 3.07. The highest BCUT2D eigenvalue weighted by Crippen LogP contribution is 2.23. The van der Waals surface area contributed by atoms with Gasteiger partial charge in [0.05, 0.1) is 6.61 Å². The number of thioether (sulfide) groups is 1. The molecule has 1 rings (SSSR count). The van der Waals surface area contributed by atoms with E-state index >= 15 is 0 Å². The summed E-state index contributed by atoms with van der Waals surface area (Å²) in [6, 6.07) is 8.12. The number of benzene rings is 1. The van der Waals surface area contributed by atoms with Crippen molar-refractivity contribution >= 4 is 11.8 Å². The van der Waals surface area contributed by atoms with Crippen molar-refractivity contribution in [2.75, 3.05) is 19.0 Å². The minimum Gasteiger partial charge on any atom is -0.494 e. The van der Waals surface area contributed by atoms with E-state index in [0.717, 1.165) is 23.7 Å². The van der Waals surface area contributed by atoms with E-state index in [0.29, 0.717) is 6.61 Å². The van der Waals surface area contributed by atoms with Crippen LogP contribution in [0.1, 0.15) is 18.9 Å². The third kappa shape index (κ3) is 4.58. The van der Waals surface area contributed by atoms with Crippen LogP contribution in [0.2, 0.25) is 0 Å². The van der Waals surface area contributed by atoms with Gasteiger partial charge in [-0.1, -0.05) is 18.2 Å². The van der Waals surface area contributed by atoms with Gasteiger partial charge in [-0.2, -0.15) is 11.8 Å². The summed E-state index contributed by atoms with van der Waals surface area (Å²) in [6.07, 6.45) is 0.863. The fourth-order valence-corrected chi connectivity index (χ4v) is 2.20. The van der Waals surface area contributed by atoms with Crippen molar-refractivity contribution in [1.29, 1.82) is 0 Å². The van der Waals surface area contributed by atoms with E-state index in [2.05, 4.69) is 6.07 Å². The molecule has 0 bridgehead atoms. The number of para-hydroxylation sites is 1. The molecule has 0 aromatic heterocycles. The van der Waals surface area contributed by atoms with Crippen molar-refractivity contribution in [2.45, 2.75) is 19.1 Å². The smallest absolute Gasteiger partial charge is 0.123 e. The molecule has 0 atom stereocenters. The standard InChI is InChI=1S/C12H18O2S/c1-2-14-12-7-4-3-6-11(12)10-15-9-5-8-13/h3-4,6-7,13H,2,5,8-10H2,1H3. The van der Waals surface area contributed by atoms with Gasteiger partial charge in [0.25, 0.3) is 0 Å². The summed E-state index contributed by atoms with van der Waals surface area (Å²) in [5.74, 6) is 2.93. The number of hydrogen-bond acceptors (Lipinski definition) is 3. The summed E-state index contributed by atoms with van der Waals surface area (Å²) in [5.41, 5.74) is 1.24. The highest BCUT2D eigenvalue weighted by atomic mass is 32.2. The molecule has 0 aliphatic rings. The molecule has 0 radical (unpaired) electrons. The van der Waals surface area contributed by atoms with E-state index in [9.17, 15) is 0 Å². The number of hydrogen-bond donors (Lipinski definition) is 1. The molecule has 1 aromatic rings. The lowest BCUT2D eigenvalue weighted by Gasteiger charge is -2.09. The summed E-state index contributed by atoms with van der Waals surface area (Å²) in [4.78, 5) is 0. The number of aliphatic hydroxyl groups excluding tert-OH is 1. The lowest BCUT2D eigenvalue weighted by atomic mass is 10.2. The Morgan fingerprint density at radius 2 is 2.13 bits per heavy atom. The lowest BCUT2D eigenvalue weighted by molar-refractivity contribution is 0.296. The van der Waals surface area contributed by atoms with E-state index in [1.807, 2.05) is 36.9 Å². The van der Waals surface area contributed by atoms with Gasteiger partial charge in [0, 0.05) is 17.9 Å². The minimum atomic E-state index is 0.278. The molecule has 0 amide bonds. The first-order valence-corrected chi connectivity index (χ1v) is 6.43. The summed E-state index contributed by atoms with van der Waals surface area (Å²) in [7, 11) is 0. The zero-order valence-corrected chi connectivity index (χ0v) is 9.93. The largest absolute Gasteiger partial charge is 0.494 e. The average Bonchev–Trinajstić information content (AvgIpc) is 2.27. The molecule has 0 fully saturated rings. The van der Waals surface area contributed by atoms with Crippen LogP contribution >= 0.6 is 11.8 Å². The van der Waals surface area contributed by atoms with Crippen LogP contribution in [-0.4, -0.2) is 24.1 Å². The molecular weight excluding hydrogens is 208 g/mol. The normalized spacial score (nSPS) is 10.3. The number of ether oxygens (including phenoxy) is 1. The number of aliphatic hydroxyl groups is 1. The second-order valence-electron chi connectivity index (χ2n) is 3.17. The molecular formula is C12H18O2S. The van der Waals surface area contributed by atoms with Crippen LogP contribution < -0.4 is 4.74 Å². The van der Waals surface area contributed by atoms with Crippen molar-refractivity contribution in [3.05, 3.63) is 29.8 Å². The van der Waals surface area contributed by atoms with Gasteiger partial charge in [0.15, 0.2) is 0 Å². The van der Waals surface area contributed by atoms with Crippen molar-refractivity contribution in [1.82, 2.24) is 0 Å². The van der Waals surface area contributed by atoms with Crippen LogP contribution in [0.5, 0.6) is 5.75 Å². The van der Waals surface area contributed by atoms with Gasteiger partial charge in [0.1, 0.15) is 5.75 Å². The van der Waals surface area contributed by atoms with Gasteiger partial charge in [-0.05, 0) is 25.2 Å². The maximum absolute atomic E-state index is 8.66. The third-order valence-electron chi connectivity index (χ3n) is 1.98. The Morgan fingerprint density at radius 1 is 1.33 bits per heavy atom. The zero-order valence-electron chi connectivity index (χ0n) is 9.11. The van der Waals surface area contributed by atoms with Crippen LogP contribution in [0.25, 0.3) is 0 Å². The van der Waals surface area contributed by atoms with Gasteiger partial charge in [-0.25, -0.2) is 0 Å². The van der Waals surface area contributed by atoms with E-state index in [-0.39, 0.29) is 6.61 Å². The van der Waals surface area contributed by atoms with Crippen LogP contribution in [-0.2, 0) is 5.75 Å². The Morgan fingerprint density at radius 3 is 2.87 bits per heavy atom. The van der Waals surface area contributed by atoms with Gasteiger partial charge >= 0.3 is 0 Å². The van der Waals surface area contributed by atoms with Crippen LogP contribution in [0.3, 0.4) is 0 Å². The first kappa shape index (κ1) is 12.4. The monoisotopic (exact) mass is 226 g/mol. The predicted molar refractivity (Wildman–Crippen MR) is 65.5 cm³/mol. The molecule has 1 aromatic carbocycles. The second-order valence-corrected chi connectivity index (χ2v) is 4.28. The Balaban J connectivity index is 2.44. The molecule has 3 heteroatoms. The van der Waals surface area contributed by atoms with E-state index in [1.54, 1.807) is 0 Å². The summed E-state index contributed by atoms with van der Waals surface area (Å²) < 4.78 is 5.53. The van der Waals surface area contributed by atoms with Crippen LogP contribution in [0.15, 0.2) is 24.3 Å². The number of rotatable bonds is 7. The van der Waals surface area contributed by atoms with E-state index in [4.69, 9.17) is 9.84 Å². The molecule has 0 aliphatic heterocycles. The maximum atomic E-state index is 8.66. The Kier molecular flexibility index (Phi) is 6.28. The summed E-state index contributed by atoms with van der Waals surface area (Å²) in [5, 5.41) is 8.66. The van der Waals surface area contributed by atoms with Gasteiger partial charge in [0.2, 0.25) is 0 Å². The Labute approximate surface area is 95.7 Å². The van der Waals surface area contributed by atoms with Crippen LogP contribution in [0, 0.1) is 0 Å². The second kappa shape index (κ2) is 7.60. The summed E-state index contributed by atoms with van der Waals surface area (Å²) >= 11 is 1.83. The SMILES string of the molecule is CCOc1ccccc1CSCCCO. The zero-order chi connectivity index (χ0) is 10.9. The maximum Gasteiger partial charge on any atom is 0.123 e. The Hall–Kier alpha value is -0.670. The topological polar surface area (TPSA) is 29.5 Å². The highest BCUT2D eigenvalue weighted by molar-refractivity contribution is 7.98. The summed E-state index contributed by atoms with van der Waals surface area (Å²) in [6.45, 7) is 2.98. The quantitative estimate of drug-likeness (QED) is 0.725. The Bertz CT molecular complexity index is 276. The first-order valence-electron chi connectivity index (χ1n) is 5.27. The first-order chi connectivity index (χ1) is 7.38. The molecule has 15 heavy (non-hydrogen) atoms. The van der Waals surface area contributed by atoms with Gasteiger partial charge in [-0.3, -0.25) is 0 Å². The van der Waals surface area contributed by atoms with Gasteiger partial charge < -0.3 is 9.84 Å². The van der Waals surface area contributed by atoms with Crippen molar-refractivity contribution in [3.8, 4) is 5.75 Å². The lowest BCUT2D eigenvalue weighted by Crippen LogP contribution is -1.96. The molecule has 0 saturated heterocycles.